The molecule has 0 saturated carbocycles. The van der Waals surface area contributed by atoms with Gasteiger partial charge < -0.3 is 0 Å². The highest BCUT2D eigenvalue weighted by atomic mass is 32.2. The molecule has 5 heteroatoms. The van der Waals surface area contributed by atoms with Crippen molar-refractivity contribution in [2.75, 3.05) is 6.26 Å². The number of pyridine rings is 1. The zero-order chi connectivity index (χ0) is 17.3. The van der Waals surface area contributed by atoms with E-state index in [-0.39, 0.29) is 5.75 Å². The molecule has 0 aliphatic carbocycles. The van der Waals surface area contributed by atoms with Crippen LogP contribution >= 0.6 is 0 Å². The largest absolute Gasteiger partial charge is 0.248 e. The van der Waals surface area contributed by atoms with E-state index in [0.717, 1.165) is 33.3 Å². The van der Waals surface area contributed by atoms with Crippen molar-refractivity contribution in [2.24, 2.45) is 0 Å². The minimum absolute atomic E-state index is 0.0275. The third-order valence-electron chi connectivity index (χ3n) is 3.82. The van der Waals surface area contributed by atoms with Gasteiger partial charge in [-0.3, -0.25) is 0 Å². The molecule has 0 amide bonds. The molecule has 0 saturated heterocycles. The first-order valence-electron chi connectivity index (χ1n) is 7.44. The number of nitriles is 1. The number of aryl methyl sites for hydroxylation is 1. The summed E-state index contributed by atoms with van der Waals surface area (Å²) in [7, 11) is -3.06. The van der Waals surface area contributed by atoms with Crippen molar-refractivity contribution < 1.29 is 8.42 Å². The van der Waals surface area contributed by atoms with E-state index >= 15 is 0 Å². The Morgan fingerprint density at radius 1 is 1.08 bits per heavy atom. The van der Waals surface area contributed by atoms with Gasteiger partial charge in [-0.25, -0.2) is 13.4 Å². The molecule has 0 atom stereocenters. The minimum Gasteiger partial charge on any atom is -0.248 e. The van der Waals surface area contributed by atoms with Crippen LogP contribution in [0.3, 0.4) is 0 Å². The quantitative estimate of drug-likeness (QED) is 0.732. The van der Waals surface area contributed by atoms with Crippen molar-refractivity contribution in [2.45, 2.75) is 12.7 Å². The zero-order valence-corrected chi connectivity index (χ0v) is 14.3. The fraction of sp³-hybridized carbons (Fsp3) is 0.158. The Balaban J connectivity index is 2.07. The molecule has 0 N–H and O–H groups in total. The van der Waals surface area contributed by atoms with Crippen molar-refractivity contribution in [3.05, 3.63) is 65.2 Å². The molecular weight excluding hydrogens is 320 g/mol. The van der Waals surface area contributed by atoms with Crippen LogP contribution in [0.2, 0.25) is 0 Å². The first-order chi connectivity index (χ1) is 11.4. The SMILES string of the molecule is Cc1cc(-c2ccc(C#N)cc2)nc2ccc(CS(C)(=O)=O)cc12. The second-order valence-corrected chi connectivity index (χ2v) is 8.08. The molecule has 1 aromatic heterocycles. The fourth-order valence-electron chi connectivity index (χ4n) is 2.70. The summed E-state index contributed by atoms with van der Waals surface area (Å²) in [5.74, 6) is 0.0275. The molecule has 3 rings (SSSR count). The van der Waals surface area contributed by atoms with E-state index in [9.17, 15) is 8.42 Å². The highest BCUT2D eigenvalue weighted by molar-refractivity contribution is 7.89. The topological polar surface area (TPSA) is 70.8 Å². The number of fused-ring (bicyclic) bond motifs is 1. The molecule has 2 aromatic carbocycles. The average molecular weight is 336 g/mol. The van der Waals surface area contributed by atoms with Gasteiger partial charge in [0, 0.05) is 17.2 Å². The van der Waals surface area contributed by atoms with Crippen LogP contribution in [0.15, 0.2) is 48.5 Å². The Labute approximate surface area is 141 Å². The molecule has 3 aromatic rings. The molecule has 4 nitrogen and oxygen atoms in total. The van der Waals surface area contributed by atoms with E-state index in [1.807, 2.05) is 37.3 Å². The lowest BCUT2D eigenvalue weighted by atomic mass is 10.0. The van der Waals surface area contributed by atoms with Gasteiger partial charge in [-0.15, -0.1) is 0 Å². The van der Waals surface area contributed by atoms with Gasteiger partial charge in [0.2, 0.25) is 0 Å². The molecule has 0 spiro atoms. The summed E-state index contributed by atoms with van der Waals surface area (Å²) in [6.07, 6.45) is 1.23. The first kappa shape index (κ1) is 16.2. The summed E-state index contributed by atoms with van der Waals surface area (Å²) in [4.78, 5) is 4.67. The summed E-state index contributed by atoms with van der Waals surface area (Å²) < 4.78 is 22.9. The van der Waals surface area contributed by atoms with Gasteiger partial charge in [0.25, 0.3) is 0 Å². The van der Waals surface area contributed by atoms with Crippen molar-refractivity contribution in [1.29, 1.82) is 5.26 Å². The second kappa shape index (κ2) is 6.06. The maximum absolute atomic E-state index is 11.5. The lowest BCUT2D eigenvalue weighted by molar-refractivity contribution is 0.601. The molecule has 0 aliphatic heterocycles. The minimum atomic E-state index is -3.06. The third kappa shape index (κ3) is 3.44. The van der Waals surface area contributed by atoms with E-state index in [4.69, 9.17) is 5.26 Å². The van der Waals surface area contributed by atoms with Gasteiger partial charge in [0.1, 0.15) is 0 Å². The standard InChI is InChI=1S/C19H16N2O2S/c1-13-9-19(16-6-3-14(11-20)4-7-16)21-18-8-5-15(10-17(13)18)12-24(2,22)23/h3-10H,12H2,1-2H3. The third-order valence-corrected chi connectivity index (χ3v) is 4.68. The Kier molecular flexibility index (Phi) is 4.08. The highest BCUT2D eigenvalue weighted by Gasteiger charge is 2.09. The van der Waals surface area contributed by atoms with Crippen LogP contribution in [0.4, 0.5) is 0 Å². The van der Waals surface area contributed by atoms with Crippen molar-refractivity contribution in [1.82, 2.24) is 4.98 Å². The van der Waals surface area contributed by atoms with Gasteiger partial charge >= 0.3 is 0 Å². The molecule has 1 heterocycles. The Bertz CT molecular complexity index is 1060. The predicted octanol–water partition coefficient (Wildman–Crippen LogP) is 3.63. The normalized spacial score (nSPS) is 11.4. The summed E-state index contributed by atoms with van der Waals surface area (Å²) >= 11 is 0. The van der Waals surface area contributed by atoms with E-state index in [1.54, 1.807) is 18.2 Å². The summed E-state index contributed by atoms with van der Waals surface area (Å²) in [5.41, 5.74) is 5.02. The van der Waals surface area contributed by atoms with Gasteiger partial charge in [-0.1, -0.05) is 18.2 Å². The van der Waals surface area contributed by atoms with Crippen LogP contribution in [0.25, 0.3) is 22.2 Å². The van der Waals surface area contributed by atoms with Crippen LogP contribution in [-0.2, 0) is 15.6 Å². The Morgan fingerprint density at radius 2 is 1.79 bits per heavy atom. The molecule has 0 radical (unpaired) electrons. The van der Waals surface area contributed by atoms with E-state index in [1.165, 1.54) is 6.26 Å². The number of sulfone groups is 1. The van der Waals surface area contributed by atoms with Gasteiger partial charge in [0.15, 0.2) is 9.84 Å². The van der Waals surface area contributed by atoms with Crippen LogP contribution in [0, 0.1) is 18.3 Å². The van der Waals surface area contributed by atoms with Crippen LogP contribution in [0.1, 0.15) is 16.7 Å². The van der Waals surface area contributed by atoms with Gasteiger partial charge in [-0.2, -0.15) is 5.26 Å². The van der Waals surface area contributed by atoms with Crippen molar-refractivity contribution in [3.63, 3.8) is 0 Å². The second-order valence-electron chi connectivity index (χ2n) is 5.94. The number of aromatic nitrogens is 1. The zero-order valence-electron chi connectivity index (χ0n) is 13.4. The average Bonchev–Trinajstić information content (AvgIpc) is 2.54. The Morgan fingerprint density at radius 3 is 2.42 bits per heavy atom. The lowest BCUT2D eigenvalue weighted by Crippen LogP contribution is -2.01. The van der Waals surface area contributed by atoms with Crippen LogP contribution in [0.5, 0.6) is 0 Å². The molecule has 120 valence electrons. The number of benzene rings is 2. The maximum Gasteiger partial charge on any atom is 0.151 e. The number of hydrogen-bond acceptors (Lipinski definition) is 4. The van der Waals surface area contributed by atoms with Gasteiger partial charge in [0.05, 0.1) is 28.6 Å². The van der Waals surface area contributed by atoms with Crippen molar-refractivity contribution in [3.8, 4) is 17.3 Å². The summed E-state index contributed by atoms with van der Waals surface area (Å²) in [6, 6.07) is 16.9. The Hall–Kier alpha value is -2.71. The molecular formula is C19H16N2O2S. The number of rotatable bonds is 3. The van der Waals surface area contributed by atoms with E-state index < -0.39 is 9.84 Å². The van der Waals surface area contributed by atoms with Crippen LogP contribution in [-0.4, -0.2) is 19.7 Å². The molecule has 0 fully saturated rings. The maximum atomic E-state index is 11.5. The highest BCUT2D eigenvalue weighted by Crippen LogP contribution is 2.26. The van der Waals surface area contributed by atoms with Gasteiger partial charge in [-0.05, 0) is 48.4 Å². The summed E-state index contributed by atoms with van der Waals surface area (Å²) in [5, 5.41) is 9.84. The predicted molar refractivity (Wildman–Crippen MR) is 95.2 cm³/mol. The lowest BCUT2D eigenvalue weighted by Gasteiger charge is -2.09. The monoisotopic (exact) mass is 336 g/mol. The smallest absolute Gasteiger partial charge is 0.151 e. The molecule has 24 heavy (non-hydrogen) atoms. The molecule has 0 aliphatic rings. The number of hydrogen-bond donors (Lipinski definition) is 0. The summed E-state index contributed by atoms with van der Waals surface area (Å²) in [6.45, 7) is 1.99. The number of nitrogens with zero attached hydrogens (tertiary/aromatic N) is 2. The van der Waals surface area contributed by atoms with E-state index in [2.05, 4.69) is 11.1 Å². The van der Waals surface area contributed by atoms with E-state index in [0.29, 0.717) is 5.56 Å². The molecule has 0 unspecified atom stereocenters. The molecule has 0 bridgehead atoms. The first-order valence-corrected chi connectivity index (χ1v) is 9.50. The van der Waals surface area contributed by atoms with Crippen LogP contribution < -0.4 is 0 Å². The van der Waals surface area contributed by atoms with Crippen molar-refractivity contribution >= 4 is 20.7 Å². The fourth-order valence-corrected chi connectivity index (χ4v) is 3.48.